The molecule has 3 aromatic carbocycles. The first-order chi connectivity index (χ1) is 16.2. The first-order valence-corrected chi connectivity index (χ1v) is 11.9. The van der Waals surface area contributed by atoms with E-state index in [-0.39, 0.29) is 17.2 Å². The van der Waals surface area contributed by atoms with Gasteiger partial charge in [0.05, 0.1) is 22.3 Å². The molecule has 0 aliphatic carbocycles. The molecule has 2 heterocycles. The minimum absolute atomic E-state index is 0.0673. The number of anilines is 1. The van der Waals surface area contributed by atoms with Gasteiger partial charge < -0.3 is 0 Å². The van der Waals surface area contributed by atoms with Crippen LogP contribution in [0.4, 0.5) is 5.13 Å². The van der Waals surface area contributed by atoms with E-state index in [9.17, 15) is 9.59 Å². The van der Waals surface area contributed by atoms with Crippen molar-refractivity contribution >= 4 is 45.0 Å². The summed E-state index contributed by atoms with van der Waals surface area (Å²) in [5, 5.41) is 13.1. The highest BCUT2D eigenvalue weighted by atomic mass is 32.2. The van der Waals surface area contributed by atoms with E-state index >= 15 is 0 Å². The Labute approximate surface area is 197 Å². The van der Waals surface area contributed by atoms with Crippen LogP contribution >= 0.6 is 23.1 Å². The van der Waals surface area contributed by atoms with Crippen molar-refractivity contribution in [2.45, 2.75) is 5.16 Å². The van der Waals surface area contributed by atoms with E-state index in [0.29, 0.717) is 26.9 Å². The summed E-state index contributed by atoms with van der Waals surface area (Å²) in [4.78, 5) is 30.5. The maximum atomic E-state index is 13.2. The Morgan fingerprint density at radius 3 is 2.39 bits per heavy atom. The fourth-order valence-electron chi connectivity index (χ4n) is 3.27. The molecular weight excluding hydrogens is 454 g/mol. The average Bonchev–Trinajstić information content (AvgIpc) is 3.32. The Bertz CT molecular complexity index is 1480. The van der Waals surface area contributed by atoms with Gasteiger partial charge in [0.2, 0.25) is 11.0 Å². The number of aromatic nitrogens is 4. The number of thioether (sulfide) groups is 1. The largest absolute Gasteiger partial charge is 0.300 e. The molecule has 0 saturated carbocycles. The summed E-state index contributed by atoms with van der Waals surface area (Å²) in [6.45, 7) is 0. The highest BCUT2D eigenvalue weighted by molar-refractivity contribution is 7.99. The Morgan fingerprint density at radius 1 is 0.909 bits per heavy atom. The zero-order valence-corrected chi connectivity index (χ0v) is 18.8. The normalized spacial score (nSPS) is 10.9. The molecule has 162 valence electrons. The van der Waals surface area contributed by atoms with E-state index < -0.39 is 0 Å². The fourth-order valence-corrected chi connectivity index (χ4v) is 4.85. The van der Waals surface area contributed by atoms with Crippen LogP contribution in [0, 0.1) is 0 Å². The van der Waals surface area contributed by atoms with Crippen molar-refractivity contribution in [3.05, 3.63) is 95.3 Å². The van der Waals surface area contributed by atoms with E-state index in [1.807, 2.05) is 72.8 Å². The summed E-state index contributed by atoms with van der Waals surface area (Å²) in [7, 11) is 0. The Kier molecular flexibility index (Phi) is 5.97. The first kappa shape index (κ1) is 21.0. The zero-order chi connectivity index (χ0) is 22.6. The van der Waals surface area contributed by atoms with Crippen molar-refractivity contribution in [2.75, 3.05) is 11.1 Å². The van der Waals surface area contributed by atoms with Gasteiger partial charge in [-0.05, 0) is 24.3 Å². The van der Waals surface area contributed by atoms with Gasteiger partial charge in [0, 0.05) is 5.56 Å². The number of para-hydroxylation sites is 2. The third-order valence-electron chi connectivity index (χ3n) is 4.78. The van der Waals surface area contributed by atoms with Gasteiger partial charge in [-0.3, -0.25) is 19.5 Å². The fraction of sp³-hybridized carbons (Fsp3) is 0.0417. The van der Waals surface area contributed by atoms with Gasteiger partial charge in [-0.1, -0.05) is 83.8 Å². The Balaban J connectivity index is 1.38. The maximum absolute atomic E-state index is 13.2. The molecule has 5 aromatic rings. The van der Waals surface area contributed by atoms with Crippen molar-refractivity contribution in [1.29, 1.82) is 0 Å². The lowest BCUT2D eigenvalue weighted by molar-refractivity contribution is -0.113. The quantitative estimate of drug-likeness (QED) is 0.287. The van der Waals surface area contributed by atoms with Crippen LogP contribution in [0.3, 0.4) is 0 Å². The number of amides is 1. The van der Waals surface area contributed by atoms with E-state index in [2.05, 4.69) is 20.5 Å². The molecule has 0 unspecified atom stereocenters. The van der Waals surface area contributed by atoms with E-state index in [4.69, 9.17) is 0 Å². The van der Waals surface area contributed by atoms with Crippen LogP contribution in [-0.4, -0.2) is 31.4 Å². The Hall–Kier alpha value is -3.82. The van der Waals surface area contributed by atoms with Crippen LogP contribution in [0.5, 0.6) is 0 Å². The average molecular weight is 472 g/mol. The lowest BCUT2D eigenvalue weighted by Gasteiger charge is -2.13. The van der Waals surface area contributed by atoms with Gasteiger partial charge in [0.15, 0.2) is 5.16 Å². The molecule has 1 amide bonds. The molecule has 1 N–H and O–H groups in total. The van der Waals surface area contributed by atoms with Crippen LogP contribution in [0.1, 0.15) is 0 Å². The lowest BCUT2D eigenvalue weighted by atomic mass is 10.2. The van der Waals surface area contributed by atoms with E-state index in [1.165, 1.54) is 23.1 Å². The van der Waals surface area contributed by atoms with Crippen molar-refractivity contribution in [1.82, 2.24) is 19.7 Å². The van der Waals surface area contributed by atoms with Crippen LogP contribution in [0.25, 0.3) is 27.2 Å². The van der Waals surface area contributed by atoms with Gasteiger partial charge in [-0.25, -0.2) is 4.98 Å². The molecule has 0 bridgehead atoms. The van der Waals surface area contributed by atoms with E-state index in [1.54, 1.807) is 16.7 Å². The first-order valence-electron chi connectivity index (χ1n) is 10.1. The summed E-state index contributed by atoms with van der Waals surface area (Å²) in [6.07, 6.45) is 0. The minimum atomic E-state index is -0.252. The van der Waals surface area contributed by atoms with Gasteiger partial charge in [-0.2, -0.15) is 0 Å². The second kappa shape index (κ2) is 9.35. The molecule has 0 aliphatic rings. The molecule has 0 spiro atoms. The third kappa shape index (κ3) is 4.55. The van der Waals surface area contributed by atoms with Crippen LogP contribution < -0.4 is 10.9 Å². The highest BCUT2D eigenvalue weighted by Crippen LogP contribution is 2.26. The molecule has 33 heavy (non-hydrogen) atoms. The monoisotopic (exact) mass is 471 g/mol. The van der Waals surface area contributed by atoms with E-state index in [0.717, 1.165) is 10.6 Å². The zero-order valence-electron chi connectivity index (χ0n) is 17.2. The number of nitrogens with zero attached hydrogens (tertiary/aromatic N) is 4. The number of fused-ring (bicyclic) bond motifs is 1. The third-order valence-corrected chi connectivity index (χ3v) is 6.61. The van der Waals surface area contributed by atoms with Crippen LogP contribution in [0.15, 0.2) is 94.9 Å². The number of benzene rings is 3. The standard InChI is InChI=1S/C24H17N5O2S2/c30-20(26-23-28-27-21(33-23)16-9-3-1-4-10-16)15-32-24-25-19-14-8-7-13-18(19)22(31)29(24)17-11-5-2-6-12-17/h1-14H,15H2,(H,26,28,30). The number of hydrogen-bond donors (Lipinski definition) is 1. The summed E-state index contributed by atoms with van der Waals surface area (Å²) in [5.74, 6) is -0.185. The molecule has 7 nitrogen and oxygen atoms in total. The van der Waals surface area contributed by atoms with Gasteiger partial charge in [0.1, 0.15) is 5.01 Å². The molecular formula is C24H17N5O2S2. The molecule has 9 heteroatoms. The number of carbonyl (C=O) groups excluding carboxylic acids is 1. The number of hydrogen-bond acceptors (Lipinski definition) is 7. The van der Waals surface area contributed by atoms with Gasteiger partial charge >= 0.3 is 0 Å². The molecule has 0 saturated heterocycles. The SMILES string of the molecule is O=C(CSc1nc2ccccc2c(=O)n1-c1ccccc1)Nc1nnc(-c2ccccc2)s1. The van der Waals surface area contributed by atoms with Gasteiger partial charge in [-0.15, -0.1) is 10.2 Å². The second-order valence-electron chi connectivity index (χ2n) is 7.00. The summed E-state index contributed by atoms with van der Waals surface area (Å²) >= 11 is 2.50. The summed E-state index contributed by atoms with van der Waals surface area (Å²) in [6, 6.07) is 26.1. The molecule has 2 aromatic heterocycles. The minimum Gasteiger partial charge on any atom is -0.300 e. The molecule has 0 aliphatic heterocycles. The topological polar surface area (TPSA) is 89.8 Å². The van der Waals surface area contributed by atoms with Crippen molar-refractivity contribution < 1.29 is 4.79 Å². The molecule has 0 fully saturated rings. The van der Waals surface area contributed by atoms with Crippen LogP contribution in [-0.2, 0) is 4.79 Å². The smallest absolute Gasteiger partial charge is 0.266 e. The predicted octanol–water partition coefficient (Wildman–Crippen LogP) is 4.64. The van der Waals surface area contributed by atoms with Crippen molar-refractivity contribution in [3.8, 4) is 16.3 Å². The van der Waals surface area contributed by atoms with Crippen molar-refractivity contribution in [2.24, 2.45) is 0 Å². The number of nitrogens with one attached hydrogen (secondary N) is 1. The summed E-state index contributed by atoms with van der Waals surface area (Å²) < 4.78 is 1.54. The number of carbonyl (C=O) groups is 1. The lowest BCUT2D eigenvalue weighted by Crippen LogP contribution is -2.22. The van der Waals surface area contributed by atoms with Crippen LogP contribution in [0.2, 0.25) is 0 Å². The number of rotatable bonds is 6. The maximum Gasteiger partial charge on any atom is 0.266 e. The highest BCUT2D eigenvalue weighted by Gasteiger charge is 2.16. The Morgan fingerprint density at radius 2 is 1.61 bits per heavy atom. The molecule has 5 rings (SSSR count). The molecule has 0 radical (unpaired) electrons. The van der Waals surface area contributed by atoms with Gasteiger partial charge in [0.25, 0.3) is 5.56 Å². The summed E-state index contributed by atoms with van der Waals surface area (Å²) in [5.41, 5.74) is 2.05. The molecule has 0 atom stereocenters. The van der Waals surface area contributed by atoms with Crippen molar-refractivity contribution in [3.63, 3.8) is 0 Å². The second-order valence-corrected chi connectivity index (χ2v) is 8.92. The predicted molar refractivity (Wildman–Crippen MR) is 132 cm³/mol.